The van der Waals surface area contributed by atoms with Gasteiger partial charge in [-0.15, -0.1) is 0 Å². The highest BCUT2D eigenvalue weighted by atomic mass is 16.5. The molecule has 0 aliphatic heterocycles. The first-order valence-corrected chi connectivity index (χ1v) is 8.44. The first kappa shape index (κ1) is 16.6. The summed E-state index contributed by atoms with van der Waals surface area (Å²) in [4.78, 5) is 4.52. The quantitative estimate of drug-likeness (QED) is 0.704. The molecule has 0 saturated heterocycles. The molecule has 0 aliphatic rings. The number of nitrogens with zero attached hydrogens (tertiary/aromatic N) is 4. The molecule has 0 aliphatic carbocycles. The predicted molar refractivity (Wildman–Crippen MR) is 93.2 cm³/mol. The maximum Gasteiger partial charge on any atom is 0.155 e. The van der Waals surface area contributed by atoms with E-state index in [9.17, 15) is 0 Å². The number of aryl methyl sites for hydroxylation is 4. The highest BCUT2D eigenvalue weighted by molar-refractivity contribution is 5.42. The summed E-state index contributed by atoms with van der Waals surface area (Å²) in [5, 5.41) is 12.1. The third kappa shape index (κ3) is 3.19. The monoisotopic (exact) mass is 327 g/mol. The van der Waals surface area contributed by atoms with E-state index in [2.05, 4.69) is 34.4 Å². The molecular weight excluding hydrogens is 302 g/mol. The molecule has 3 aromatic heterocycles. The summed E-state index contributed by atoms with van der Waals surface area (Å²) in [5.41, 5.74) is 6.44. The van der Waals surface area contributed by atoms with Crippen LogP contribution in [-0.2, 0) is 6.42 Å². The molecular formula is C18H25N5O. The Kier molecular flexibility index (Phi) is 4.66. The summed E-state index contributed by atoms with van der Waals surface area (Å²) in [5.74, 6) is 0.931. The van der Waals surface area contributed by atoms with Gasteiger partial charge in [0, 0.05) is 35.1 Å². The molecule has 0 radical (unpaired) electrons. The number of rotatable bonds is 6. The number of hydrogen-bond acceptors (Lipinski definition) is 5. The number of hydrogen-bond donors (Lipinski definition) is 1. The van der Waals surface area contributed by atoms with Crippen molar-refractivity contribution in [3.63, 3.8) is 0 Å². The molecule has 3 aromatic rings. The van der Waals surface area contributed by atoms with Crippen LogP contribution in [0.4, 0.5) is 0 Å². The molecule has 1 atom stereocenters. The Hall–Kier alpha value is -2.21. The molecule has 24 heavy (non-hydrogen) atoms. The van der Waals surface area contributed by atoms with E-state index in [1.165, 1.54) is 11.1 Å². The molecule has 0 unspecified atom stereocenters. The van der Waals surface area contributed by atoms with Crippen LogP contribution in [0.1, 0.15) is 53.4 Å². The highest BCUT2D eigenvalue weighted by Gasteiger charge is 2.13. The zero-order valence-electron chi connectivity index (χ0n) is 15.1. The van der Waals surface area contributed by atoms with Gasteiger partial charge >= 0.3 is 0 Å². The van der Waals surface area contributed by atoms with Crippen LogP contribution in [0.15, 0.2) is 16.8 Å². The van der Waals surface area contributed by atoms with Crippen molar-refractivity contribution < 1.29 is 4.52 Å². The van der Waals surface area contributed by atoms with Crippen molar-refractivity contribution >= 4 is 5.65 Å². The minimum Gasteiger partial charge on any atom is -0.361 e. The summed E-state index contributed by atoms with van der Waals surface area (Å²) in [6.45, 7) is 11.2. The molecule has 1 N–H and O–H groups in total. The van der Waals surface area contributed by atoms with Crippen molar-refractivity contribution in [1.82, 2.24) is 25.1 Å². The van der Waals surface area contributed by atoms with Gasteiger partial charge in [0.1, 0.15) is 5.76 Å². The van der Waals surface area contributed by atoms with E-state index < -0.39 is 0 Å². The minimum atomic E-state index is 0.232. The molecule has 0 fully saturated rings. The minimum absolute atomic E-state index is 0.232. The van der Waals surface area contributed by atoms with Gasteiger partial charge in [0.2, 0.25) is 0 Å². The smallest absolute Gasteiger partial charge is 0.155 e. The Balaban J connectivity index is 1.61. The molecule has 6 nitrogen and oxygen atoms in total. The molecule has 128 valence electrons. The summed E-state index contributed by atoms with van der Waals surface area (Å²) < 4.78 is 7.14. The van der Waals surface area contributed by atoms with Crippen molar-refractivity contribution in [3.8, 4) is 0 Å². The first-order chi connectivity index (χ1) is 11.5. The lowest BCUT2D eigenvalue weighted by molar-refractivity contribution is 0.392. The van der Waals surface area contributed by atoms with Crippen LogP contribution >= 0.6 is 0 Å². The average molecular weight is 327 g/mol. The van der Waals surface area contributed by atoms with E-state index in [0.29, 0.717) is 0 Å². The van der Waals surface area contributed by atoms with Gasteiger partial charge in [-0.05, 0) is 54.0 Å². The Morgan fingerprint density at radius 3 is 2.75 bits per heavy atom. The van der Waals surface area contributed by atoms with Gasteiger partial charge in [0.25, 0.3) is 0 Å². The Morgan fingerprint density at radius 1 is 1.25 bits per heavy atom. The number of nitrogens with one attached hydrogen (secondary N) is 1. The lowest BCUT2D eigenvalue weighted by Crippen LogP contribution is -2.22. The predicted octanol–water partition coefficient (Wildman–Crippen LogP) is 3.23. The average Bonchev–Trinajstić information content (AvgIpc) is 3.07. The molecule has 3 rings (SSSR count). The van der Waals surface area contributed by atoms with E-state index in [1.54, 1.807) is 0 Å². The molecule has 0 amide bonds. The maximum atomic E-state index is 5.21. The molecule has 0 spiro atoms. The van der Waals surface area contributed by atoms with Gasteiger partial charge in [0.15, 0.2) is 5.65 Å². The van der Waals surface area contributed by atoms with E-state index in [0.717, 1.165) is 47.9 Å². The molecule has 0 bridgehead atoms. The third-order valence-corrected chi connectivity index (χ3v) is 4.59. The van der Waals surface area contributed by atoms with Gasteiger partial charge in [0.05, 0.1) is 11.4 Å². The normalized spacial score (nSPS) is 12.9. The fraction of sp³-hybridized carbons (Fsp3) is 0.500. The zero-order chi connectivity index (χ0) is 17.3. The van der Waals surface area contributed by atoms with Gasteiger partial charge in [-0.2, -0.15) is 5.10 Å². The van der Waals surface area contributed by atoms with Gasteiger partial charge < -0.3 is 9.84 Å². The van der Waals surface area contributed by atoms with E-state index in [1.807, 2.05) is 37.5 Å². The van der Waals surface area contributed by atoms with Crippen LogP contribution in [0.25, 0.3) is 5.65 Å². The van der Waals surface area contributed by atoms with Crippen molar-refractivity contribution in [3.05, 3.63) is 46.2 Å². The second-order valence-electron chi connectivity index (χ2n) is 6.44. The van der Waals surface area contributed by atoms with Crippen LogP contribution in [-0.4, -0.2) is 26.3 Å². The zero-order valence-corrected chi connectivity index (χ0v) is 15.1. The third-order valence-electron chi connectivity index (χ3n) is 4.59. The lowest BCUT2D eigenvalue weighted by Gasteiger charge is -2.16. The highest BCUT2D eigenvalue weighted by Crippen LogP contribution is 2.18. The summed E-state index contributed by atoms with van der Waals surface area (Å²) in [7, 11) is 0. The lowest BCUT2D eigenvalue weighted by atomic mass is 10.1. The Morgan fingerprint density at radius 2 is 2.04 bits per heavy atom. The largest absolute Gasteiger partial charge is 0.361 e. The molecule has 3 heterocycles. The van der Waals surface area contributed by atoms with Crippen molar-refractivity contribution in [2.75, 3.05) is 6.54 Å². The van der Waals surface area contributed by atoms with E-state index in [4.69, 9.17) is 4.52 Å². The fourth-order valence-corrected chi connectivity index (χ4v) is 3.15. The van der Waals surface area contributed by atoms with Crippen LogP contribution in [0, 0.1) is 27.7 Å². The van der Waals surface area contributed by atoms with Gasteiger partial charge in [-0.3, -0.25) is 0 Å². The van der Waals surface area contributed by atoms with Crippen molar-refractivity contribution in [2.24, 2.45) is 0 Å². The summed E-state index contributed by atoms with van der Waals surface area (Å²) in [6.07, 6.45) is 3.98. The van der Waals surface area contributed by atoms with Crippen LogP contribution in [0.2, 0.25) is 0 Å². The van der Waals surface area contributed by atoms with Crippen LogP contribution in [0.5, 0.6) is 0 Å². The maximum absolute atomic E-state index is 5.21. The molecule has 0 saturated carbocycles. The van der Waals surface area contributed by atoms with Crippen LogP contribution in [0.3, 0.4) is 0 Å². The van der Waals surface area contributed by atoms with Crippen LogP contribution < -0.4 is 5.32 Å². The SMILES string of the molecule is Cc1cc2ncc([C@H](C)NCCCc3c(C)noc3C)c(C)n2n1. The number of aromatic nitrogens is 4. The first-order valence-electron chi connectivity index (χ1n) is 8.44. The standard InChI is InChI=1S/C18H25N5O/c1-11-9-18-20-10-17(14(4)23(18)21-11)12(2)19-8-6-7-16-13(3)22-24-15(16)5/h9-10,12,19H,6-8H2,1-5H3/t12-/m0/s1. The topological polar surface area (TPSA) is 68.2 Å². The summed E-state index contributed by atoms with van der Waals surface area (Å²) in [6, 6.07) is 2.23. The van der Waals surface area contributed by atoms with Gasteiger partial charge in [-0.25, -0.2) is 9.50 Å². The second kappa shape index (κ2) is 6.73. The fourth-order valence-electron chi connectivity index (χ4n) is 3.15. The van der Waals surface area contributed by atoms with E-state index >= 15 is 0 Å². The molecule has 0 aromatic carbocycles. The van der Waals surface area contributed by atoms with Gasteiger partial charge in [-0.1, -0.05) is 5.16 Å². The Labute approximate surface area is 142 Å². The van der Waals surface area contributed by atoms with E-state index in [-0.39, 0.29) is 6.04 Å². The molecule has 6 heteroatoms. The second-order valence-corrected chi connectivity index (χ2v) is 6.44. The summed E-state index contributed by atoms with van der Waals surface area (Å²) >= 11 is 0. The number of fused-ring (bicyclic) bond motifs is 1. The van der Waals surface area contributed by atoms with Crippen molar-refractivity contribution in [2.45, 2.75) is 53.5 Å². The van der Waals surface area contributed by atoms with Crippen molar-refractivity contribution in [1.29, 1.82) is 0 Å². The Bertz CT molecular complexity index is 829.